The first-order valence-corrected chi connectivity index (χ1v) is 10.6. The standard InChI is InChI=1S/C28H24N2/c1-27(2)20-9-6-5-8-18(20)26-23(27)13-14-24(30-26)17-11-12-21-19(16-17)25-22(28(21,3)4)10-7-15-29-25/h5-16H,1-4H3. The lowest BCUT2D eigenvalue weighted by molar-refractivity contribution is 0.658. The van der Waals surface area contributed by atoms with E-state index in [4.69, 9.17) is 9.97 Å². The molecule has 0 saturated carbocycles. The monoisotopic (exact) mass is 388 g/mol. The van der Waals surface area contributed by atoms with Crippen LogP contribution >= 0.6 is 0 Å². The van der Waals surface area contributed by atoms with E-state index in [1.54, 1.807) is 0 Å². The highest BCUT2D eigenvalue weighted by Crippen LogP contribution is 2.50. The average molecular weight is 389 g/mol. The van der Waals surface area contributed by atoms with Gasteiger partial charge in [-0.1, -0.05) is 76.2 Å². The SMILES string of the molecule is CC1(C)c2ccc(-c3ccc4c(n3)-c3ccccc3C4(C)C)cc2-c2ncccc21. The second kappa shape index (κ2) is 5.66. The summed E-state index contributed by atoms with van der Waals surface area (Å²) < 4.78 is 0. The van der Waals surface area contributed by atoms with Crippen molar-refractivity contribution in [3.63, 3.8) is 0 Å². The first kappa shape index (κ1) is 17.6. The van der Waals surface area contributed by atoms with Crippen molar-refractivity contribution in [2.24, 2.45) is 0 Å². The highest BCUT2D eigenvalue weighted by molar-refractivity contribution is 5.83. The molecule has 2 nitrogen and oxygen atoms in total. The Morgan fingerprint density at radius 1 is 0.600 bits per heavy atom. The Morgan fingerprint density at radius 2 is 1.27 bits per heavy atom. The zero-order valence-corrected chi connectivity index (χ0v) is 17.8. The van der Waals surface area contributed by atoms with Gasteiger partial charge in [0.2, 0.25) is 0 Å². The molecule has 2 heteroatoms. The van der Waals surface area contributed by atoms with Gasteiger partial charge in [-0.05, 0) is 40.5 Å². The van der Waals surface area contributed by atoms with Gasteiger partial charge in [-0.15, -0.1) is 0 Å². The first-order chi connectivity index (χ1) is 14.4. The predicted octanol–water partition coefficient (Wildman–Crippen LogP) is 6.76. The molecular weight excluding hydrogens is 364 g/mol. The Hall–Kier alpha value is -3.26. The maximum Gasteiger partial charge on any atom is 0.0753 e. The van der Waals surface area contributed by atoms with Crippen LogP contribution in [0.3, 0.4) is 0 Å². The summed E-state index contributed by atoms with van der Waals surface area (Å²) in [4.78, 5) is 9.88. The molecule has 6 rings (SSSR count). The Kier molecular flexibility index (Phi) is 3.32. The third-order valence-electron chi connectivity index (χ3n) is 7.15. The van der Waals surface area contributed by atoms with Crippen LogP contribution in [0.2, 0.25) is 0 Å². The number of hydrogen-bond acceptors (Lipinski definition) is 2. The summed E-state index contributed by atoms with van der Waals surface area (Å²) in [7, 11) is 0. The highest BCUT2D eigenvalue weighted by Gasteiger charge is 2.38. The van der Waals surface area contributed by atoms with Crippen LogP contribution in [0.5, 0.6) is 0 Å². The number of hydrogen-bond donors (Lipinski definition) is 0. The zero-order valence-electron chi connectivity index (χ0n) is 17.8. The Balaban J connectivity index is 1.53. The van der Waals surface area contributed by atoms with E-state index in [9.17, 15) is 0 Å². The van der Waals surface area contributed by atoms with Crippen LogP contribution in [0.1, 0.15) is 49.9 Å². The predicted molar refractivity (Wildman–Crippen MR) is 123 cm³/mol. The van der Waals surface area contributed by atoms with Crippen molar-refractivity contribution in [3.8, 4) is 33.8 Å². The fraction of sp³-hybridized carbons (Fsp3) is 0.214. The lowest BCUT2D eigenvalue weighted by atomic mass is 9.82. The first-order valence-electron chi connectivity index (χ1n) is 10.6. The van der Waals surface area contributed by atoms with Crippen molar-refractivity contribution in [2.75, 3.05) is 0 Å². The van der Waals surface area contributed by atoms with Crippen molar-refractivity contribution in [3.05, 3.63) is 95.2 Å². The van der Waals surface area contributed by atoms with Gasteiger partial charge in [-0.3, -0.25) is 4.98 Å². The molecule has 0 spiro atoms. The minimum absolute atomic E-state index is 0.0116. The third kappa shape index (κ3) is 2.14. The van der Waals surface area contributed by atoms with Gasteiger partial charge < -0.3 is 0 Å². The largest absolute Gasteiger partial charge is 0.256 e. The maximum absolute atomic E-state index is 5.16. The summed E-state index contributed by atoms with van der Waals surface area (Å²) in [6, 6.07) is 24.1. The van der Waals surface area contributed by atoms with Gasteiger partial charge in [0.05, 0.1) is 17.1 Å². The van der Waals surface area contributed by atoms with E-state index < -0.39 is 0 Å². The minimum atomic E-state index is -0.0220. The lowest BCUT2D eigenvalue weighted by Crippen LogP contribution is -2.15. The second-order valence-corrected chi connectivity index (χ2v) is 9.55. The Labute approximate surface area is 177 Å². The Morgan fingerprint density at radius 3 is 2.10 bits per heavy atom. The van der Waals surface area contributed by atoms with Crippen molar-refractivity contribution in [1.82, 2.24) is 9.97 Å². The van der Waals surface area contributed by atoms with Crippen molar-refractivity contribution >= 4 is 0 Å². The maximum atomic E-state index is 5.16. The van der Waals surface area contributed by atoms with Crippen LogP contribution in [0.25, 0.3) is 33.8 Å². The molecule has 0 atom stereocenters. The molecule has 0 unspecified atom stereocenters. The summed E-state index contributed by atoms with van der Waals surface area (Å²) in [6.45, 7) is 9.15. The summed E-state index contributed by atoms with van der Waals surface area (Å²) >= 11 is 0. The molecule has 2 aromatic heterocycles. The normalized spacial score (nSPS) is 16.5. The zero-order chi connectivity index (χ0) is 20.7. The summed E-state index contributed by atoms with van der Waals surface area (Å²) in [5, 5.41) is 0. The molecule has 0 aliphatic heterocycles. The second-order valence-electron chi connectivity index (χ2n) is 9.55. The molecule has 4 aromatic rings. The van der Waals surface area contributed by atoms with E-state index in [-0.39, 0.29) is 10.8 Å². The van der Waals surface area contributed by atoms with Crippen molar-refractivity contribution < 1.29 is 0 Å². The minimum Gasteiger partial charge on any atom is -0.256 e. The molecule has 0 fully saturated rings. The van der Waals surface area contributed by atoms with E-state index >= 15 is 0 Å². The van der Waals surface area contributed by atoms with E-state index in [2.05, 4.69) is 88.4 Å². The van der Waals surface area contributed by atoms with Crippen LogP contribution in [-0.2, 0) is 10.8 Å². The van der Waals surface area contributed by atoms with Crippen molar-refractivity contribution in [1.29, 1.82) is 0 Å². The molecule has 2 aromatic carbocycles. The molecule has 0 N–H and O–H groups in total. The summed E-state index contributed by atoms with van der Waals surface area (Å²) in [5.74, 6) is 0. The molecule has 0 amide bonds. The summed E-state index contributed by atoms with van der Waals surface area (Å²) in [6.07, 6.45) is 1.89. The van der Waals surface area contributed by atoms with Gasteiger partial charge in [0.25, 0.3) is 0 Å². The lowest BCUT2D eigenvalue weighted by Gasteiger charge is -2.21. The van der Waals surface area contributed by atoms with Gasteiger partial charge >= 0.3 is 0 Å². The molecule has 146 valence electrons. The third-order valence-corrected chi connectivity index (χ3v) is 7.15. The quantitative estimate of drug-likeness (QED) is 0.360. The van der Waals surface area contributed by atoms with Gasteiger partial charge in [-0.2, -0.15) is 0 Å². The smallest absolute Gasteiger partial charge is 0.0753 e. The van der Waals surface area contributed by atoms with Gasteiger partial charge in [0.15, 0.2) is 0 Å². The van der Waals surface area contributed by atoms with Crippen LogP contribution in [-0.4, -0.2) is 9.97 Å². The summed E-state index contributed by atoms with van der Waals surface area (Å²) in [5.41, 5.74) is 12.2. The number of pyridine rings is 2. The Bertz CT molecular complexity index is 1240. The van der Waals surface area contributed by atoms with Crippen LogP contribution in [0, 0.1) is 0 Å². The molecule has 0 bridgehead atoms. The molecule has 0 radical (unpaired) electrons. The van der Waals surface area contributed by atoms with Gasteiger partial charge in [0.1, 0.15) is 0 Å². The molecule has 2 aliphatic rings. The van der Waals surface area contributed by atoms with E-state index in [1.165, 1.54) is 33.4 Å². The van der Waals surface area contributed by atoms with Crippen molar-refractivity contribution in [2.45, 2.75) is 38.5 Å². The number of benzene rings is 2. The average Bonchev–Trinajstić information content (AvgIpc) is 3.14. The number of rotatable bonds is 1. The highest BCUT2D eigenvalue weighted by atomic mass is 14.7. The number of aromatic nitrogens is 2. The topological polar surface area (TPSA) is 25.8 Å². The fourth-order valence-corrected chi connectivity index (χ4v) is 5.42. The number of fused-ring (bicyclic) bond motifs is 6. The van der Waals surface area contributed by atoms with Gasteiger partial charge in [0, 0.05) is 33.7 Å². The fourth-order valence-electron chi connectivity index (χ4n) is 5.42. The number of nitrogens with zero attached hydrogens (tertiary/aromatic N) is 2. The molecule has 30 heavy (non-hydrogen) atoms. The van der Waals surface area contributed by atoms with E-state index in [0.29, 0.717) is 0 Å². The molecule has 2 aliphatic carbocycles. The van der Waals surface area contributed by atoms with Crippen LogP contribution in [0.4, 0.5) is 0 Å². The van der Waals surface area contributed by atoms with E-state index in [0.717, 1.165) is 22.6 Å². The van der Waals surface area contributed by atoms with Crippen LogP contribution in [0.15, 0.2) is 72.9 Å². The molecule has 0 saturated heterocycles. The van der Waals surface area contributed by atoms with Crippen LogP contribution < -0.4 is 0 Å². The molecular formula is C28H24N2. The van der Waals surface area contributed by atoms with E-state index in [1.807, 2.05) is 12.3 Å². The molecule has 2 heterocycles. The van der Waals surface area contributed by atoms with Gasteiger partial charge in [-0.25, -0.2) is 4.98 Å².